The average molecular weight is 255 g/mol. The molecule has 0 unspecified atom stereocenters. The summed E-state index contributed by atoms with van der Waals surface area (Å²) in [7, 11) is 0. The quantitative estimate of drug-likeness (QED) is 0.703. The van der Waals surface area contributed by atoms with E-state index in [-0.39, 0.29) is 12.1 Å². The number of allylic oxidation sites excluding steroid dienone is 2. The lowest BCUT2D eigenvalue weighted by Crippen LogP contribution is -2.41. The lowest BCUT2D eigenvalue weighted by Gasteiger charge is -2.27. The lowest BCUT2D eigenvalue weighted by molar-refractivity contribution is -0.191. The normalized spacial score (nSPS) is 12.0. The minimum absolute atomic E-state index is 0.250. The van der Waals surface area contributed by atoms with E-state index in [2.05, 4.69) is 11.9 Å². The fourth-order valence-electron chi connectivity index (χ4n) is 0.932. The van der Waals surface area contributed by atoms with Crippen molar-refractivity contribution in [2.75, 3.05) is 0 Å². The van der Waals surface area contributed by atoms with Crippen LogP contribution in [0.15, 0.2) is 24.9 Å². The Labute approximate surface area is 108 Å². The van der Waals surface area contributed by atoms with Crippen LogP contribution in [0.5, 0.6) is 0 Å². The summed E-state index contributed by atoms with van der Waals surface area (Å²) in [5, 5.41) is 12.3. The number of hydrogen-bond acceptors (Lipinski definition) is 4. The second-order valence-electron chi connectivity index (χ2n) is 4.26. The third-order valence-corrected chi connectivity index (χ3v) is 2.55. The van der Waals surface area contributed by atoms with E-state index in [1.165, 1.54) is 0 Å². The standard InChI is InChI=1S/C12H21NO2.CO2/c1-5-7-8-9-13-11(15)10(14)12(3,4)6-2;2-1-3/h5,8-10,14H,1,6-7H2,2-4H3,(H,13,15);/b9-8-;/t10-;/m0./s1. The van der Waals surface area contributed by atoms with E-state index in [1.807, 2.05) is 20.8 Å². The Kier molecular flexibility index (Phi) is 10.8. The Balaban J connectivity index is 0. The van der Waals surface area contributed by atoms with Gasteiger partial charge in [-0.15, -0.1) is 6.58 Å². The van der Waals surface area contributed by atoms with Crippen molar-refractivity contribution in [1.29, 1.82) is 0 Å². The summed E-state index contributed by atoms with van der Waals surface area (Å²) >= 11 is 0. The summed E-state index contributed by atoms with van der Waals surface area (Å²) in [6.07, 6.45) is 5.77. The first-order valence-electron chi connectivity index (χ1n) is 5.61. The van der Waals surface area contributed by atoms with E-state index in [4.69, 9.17) is 9.59 Å². The molecule has 5 nitrogen and oxygen atoms in total. The fraction of sp³-hybridized carbons (Fsp3) is 0.538. The second-order valence-corrected chi connectivity index (χ2v) is 4.26. The predicted molar refractivity (Wildman–Crippen MR) is 67.2 cm³/mol. The maximum absolute atomic E-state index is 11.5. The Bertz CT molecular complexity index is 315. The highest BCUT2D eigenvalue weighted by Gasteiger charge is 2.31. The molecule has 0 aromatic rings. The number of amides is 1. The minimum Gasteiger partial charge on any atom is -0.383 e. The molecule has 0 aliphatic carbocycles. The largest absolute Gasteiger partial charge is 0.383 e. The first kappa shape index (κ1) is 18.6. The van der Waals surface area contributed by atoms with Gasteiger partial charge in [0.25, 0.3) is 5.91 Å². The molecule has 18 heavy (non-hydrogen) atoms. The van der Waals surface area contributed by atoms with Crippen LogP contribution in [0.25, 0.3) is 0 Å². The van der Waals surface area contributed by atoms with Crippen LogP contribution >= 0.6 is 0 Å². The fourth-order valence-corrected chi connectivity index (χ4v) is 0.932. The Morgan fingerprint density at radius 1 is 1.50 bits per heavy atom. The molecule has 0 spiro atoms. The number of rotatable bonds is 6. The number of carbonyl (C=O) groups is 1. The highest BCUT2D eigenvalue weighted by molar-refractivity contribution is 5.82. The van der Waals surface area contributed by atoms with E-state index in [0.29, 0.717) is 6.42 Å². The van der Waals surface area contributed by atoms with Gasteiger partial charge in [-0.1, -0.05) is 32.9 Å². The van der Waals surface area contributed by atoms with E-state index in [9.17, 15) is 9.90 Å². The smallest absolute Gasteiger partial charge is 0.373 e. The van der Waals surface area contributed by atoms with Gasteiger partial charge in [0.2, 0.25) is 0 Å². The Morgan fingerprint density at radius 2 is 2.00 bits per heavy atom. The molecule has 0 aromatic heterocycles. The van der Waals surface area contributed by atoms with Crippen molar-refractivity contribution < 1.29 is 19.5 Å². The molecule has 0 saturated heterocycles. The van der Waals surface area contributed by atoms with Crippen molar-refractivity contribution in [3.8, 4) is 0 Å². The molecule has 0 rings (SSSR count). The van der Waals surface area contributed by atoms with E-state index >= 15 is 0 Å². The first-order chi connectivity index (χ1) is 8.37. The Hall–Kier alpha value is -1.71. The highest BCUT2D eigenvalue weighted by Crippen LogP contribution is 2.24. The van der Waals surface area contributed by atoms with E-state index < -0.39 is 11.5 Å². The van der Waals surface area contributed by atoms with Gasteiger partial charge in [-0.3, -0.25) is 4.79 Å². The molecule has 0 aromatic carbocycles. The molecule has 2 N–H and O–H groups in total. The predicted octanol–water partition coefficient (Wildman–Crippen LogP) is 1.41. The molecule has 0 radical (unpaired) electrons. The van der Waals surface area contributed by atoms with Crippen LogP contribution in [0.1, 0.15) is 33.6 Å². The summed E-state index contributed by atoms with van der Waals surface area (Å²) in [5.74, 6) is -0.359. The van der Waals surface area contributed by atoms with Gasteiger partial charge in [0, 0.05) is 6.20 Å². The number of hydrogen-bond donors (Lipinski definition) is 2. The summed E-state index contributed by atoms with van der Waals surface area (Å²) in [6.45, 7) is 9.23. The molecule has 102 valence electrons. The summed E-state index contributed by atoms with van der Waals surface area (Å²) < 4.78 is 0. The van der Waals surface area contributed by atoms with Gasteiger partial charge in [-0.2, -0.15) is 9.59 Å². The number of aliphatic hydroxyl groups excluding tert-OH is 1. The van der Waals surface area contributed by atoms with Gasteiger partial charge in [0.05, 0.1) is 0 Å². The number of nitrogens with one attached hydrogen (secondary N) is 1. The average Bonchev–Trinajstić information content (AvgIpc) is 2.34. The van der Waals surface area contributed by atoms with Crippen molar-refractivity contribution in [2.45, 2.75) is 39.7 Å². The molecule has 1 atom stereocenters. The van der Waals surface area contributed by atoms with Crippen LogP contribution < -0.4 is 5.32 Å². The number of aliphatic hydroxyl groups is 1. The van der Waals surface area contributed by atoms with Crippen LogP contribution in [0.2, 0.25) is 0 Å². The van der Waals surface area contributed by atoms with Crippen LogP contribution in [0, 0.1) is 5.41 Å². The molecule has 0 fully saturated rings. The summed E-state index contributed by atoms with van der Waals surface area (Å²) in [4.78, 5) is 27.7. The lowest BCUT2D eigenvalue weighted by atomic mass is 9.83. The zero-order valence-corrected chi connectivity index (χ0v) is 11.1. The van der Waals surface area contributed by atoms with E-state index in [1.54, 1.807) is 18.4 Å². The maximum atomic E-state index is 11.5. The maximum Gasteiger partial charge on any atom is 0.373 e. The molecule has 0 saturated carbocycles. The number of carbonyl (C=O) groups excluding carboxylic acids is 3. The zero-order valence-electron chi connectivity index (χ0n) is 11.1. The highest BCUT2D eigenvalue weighted by atomic mass is 16.3. The molecule has 5 heteroatoms. The molecular weight excluding hydrogens is 234 g/mol. The SMILES string of the molecule is C=CC/C=C\NC(=O)[C@H](O)C(C)(C)CC.O=C=O. The third kappa shape index (κ3) is 8.44. The molecule has 0 aliphatic heterocycles. The van der Waals surface area contributed by atoms with Crippen LogP contribution in [-0.2, 0) is 14.4 Å². The molecule has 0 aliphatic rings. The van der Waals surface area contributed by atoms with Crippen LogP contribution in [0.4, 0.5) is 0 Å². The molecular formula is C13H21NO4. The van der Waals surface area contributed by atoms with Crippen LogP contribution in [-0.4, -0.2) is 23.3 Å². The van der Waals surface area contributed by atoms with Gasteiger partial charge < -0.3 is 10.4 Å². The van der Waals surface area contributed by atoms with Gasteiger partial charge in [0.15, 0.2) is 0 Å². The summed E-state index contributed by atoms with van der Waals surface area (Å²) in [6, 6.07) is 0. The topological polar surface area (TPSA) is 83.5 Å². The van der Waals surface area contributed by atoms with Gasteiger partial charge in [0.1, 0.15) is 6.10 Å². The van der Waals surface area contributed by atoms with Crippen molar-refractivity contribution in [2.24, 2.45) is 5.41 Å². The van der Waals surface area contributed by atoms with Crippen molar-refractivity contribution in [3.05, 3.63) is 24.9 Å². The van der Waals surface area contributed by atoms with E-state index in [0.717, 1.165) is 6.42 Å². The molecule has 1 amide bonds. The van der Waals surface area contributed by atoms with Crippen LogP contribution in [0.3, 0.4) is 0 Å². The summed E-state index contributed by atoms with van der Waals surface area (Å²) in [5.41, 5.74) is -0.392. The first-order valence-corrected chi connectivity index (χ1v) is 5.61. The van der Waals surface area contributed by atoms with Gasteiger partial charge >= 0.3 is 6.15 Å². The molecule has 0 bridgehead atoms. The zero-order chi connectivity index (χ0) is 14.6. The van der Waals surface area contributed by atoms with Crippen molar-refractivity contribution in [3.63, 3.8) is 0 Å². The van der Waals surface area contributed by atoms with Crippen molar-refractivity contribution >= 4 is 12.1 Å². The monoisotopic (exact) mass is 255 g/mol. The van der Waals surface area contributed by atoms with Crippen molar-refractivity contribution in [1.82, 2.24) is 5.32 Å². The molecule has 0 heterocycles. The van der Waals surface area contributed by atoms with Gasteiger partial charge in [-0.05, 0) is 18.3 Å². The van der Waals surface area contributed by atoms with Gasteiger partial charge in [-0.25, -0.2) is 0 Å². The minimum atomic E-state index is -0.976. The second kappa shape index (κ2) is 10.4. The third-order valence-electron chi connectivity index (χ3n) is 2.55. The Morgan fingerprint density at radius 3 is 2.39 bits per heavy atom.